The van der Waals surface area contributed by atoms with Crippen molar-refractivity contribution in [3.63, 3.8) is 0 Å². The van der Waals surface area contributed by atoms with E-state index in [-0.39, 0.29) is 18.4 Å². The lowest BCUT2D eigenvalue weighted by molar-refractivity contribution is -0.133. The quantitative estimate of drug-likeness (QED) is 0.872. The molecule has 1 N–H and O–H groups in total. The van der Waals surface area contributed by atoms with Crippen molar-refractivity contribution in [3.8, 4) is 0 Å². The molecule has 1 aromatic carbocycles. The lowest BCUT2D eigenvalue weighted by atomic mass is 10.3. The fraction of sp³-hybridized carbons (Fsp3) is 0.353. The summed E-state index contributed by atoms with van der Waals surface area (Å²) in [4.78, 5) is 25.6. The number of rotatable bonds is 6. The molecular weight excluding hydrogens is 328 g/mol. The summed E-state index contributed by atoms with van der Waals surface area (Å²) >= 11 is 5.80. The number of carbonyl (C=O) groups excluding carboxylic acids is 2. The number of anilines is 1. The molecule has 0 fully saturated rings. The summed E-state index contributed by atoms with van der Waals surface area (Å²) in [6.07, 6.45) is 0.298. The van der Waals surface area contributed by atoms with Crippen LogP contribution in [0.1, 0.15) is 17.8 Å². The molecule has 2 aromatic rings. The van der Waals surface area contributed by atoms with Gasteiger partial charge in [0.25, 0.3) is 0 Å². The Morgan fingerprint density at radius 2 is 1.92 bits per heavy atom. The van der Waals surface area contributed by atoms with E-state index in [2.05, 4.69) is 10.4 Å². The molecule has 2 rings (SSSR count). The van der Waals surface area contributed by atoms with Gasteiger partial charge in [-0.25, -0.2) is 0 Å². The molecule has 7 heteroatoms. The molecule has 2 amide bonds. The van der Waals surface area contributed by atoms with Gasteiger partial charge in [0.15, 0.2) is 0 Å². The van der Waals surface area contributed by atoms with E-state index in [9.17, 15) is 9.59 Å². The van der Waals surface area contributed by atoms with Crippen molar-refractivity contribution in [2.24, 2.45) is 0 Å². The van der Waals surface area contributed by atoms with Gasteiger partial charge in [-0.15, -0.1) is 0 Å². The van der Waals surface area contributed by atoms with Gasteiger partial charge in [0.2, 0.25) is 11.8 Å². The van der Waals surface area contributed by atoms with Crippen LogP contribution in [-0.2, 0) is 16.1 Å². The first-order valence-electron chi connectivity index (χ1n) is 7.65. The van der Waals surface area contributed by atoms with Crippen LogP contribution in [0.5, 0.6) is 0 Å². The number of nitrogens with zero attached hydrogens (tertiary/aromatic N) is 3. The molecule has 0 radical (unpaired) electrons. The average Bonchev–Trinajstić information content (AvgIpc) is 2.84. The molecule has 24 heavy (non-hydrogen) atoms. The lowest BCUT2D eigenvalue weighted by Gasteiger charge is -2.17. The first-order valence-corrected chi connectivity index (χ1v) is 8.03. The number of hydrogen-bond donors (Lipinski definition) is 1. The van der Waals surface area contributed by atoms with Gasteiger partial charge in [-0.05, 0) is 44.2 Å². The zero-order chi connectivity index (χ0) is 17.7. The van der Waals surface area contributed by atoms with Crippen molar-refractivity contribution >= 4 is 29.1 Å². The third kappa shape index (κ3) is 5.09. The van der Waals surface area contributed by atoms with Crippen molar-refractivity contribution in [1.29, 1.82) is 0 Å². The zero-order valence-electron chi connectivity index (χ0n) is 14.0. The van der Waals surface area contributed by atoms with Crippen LogP contribution in [0.2, 0.25) is 5.02 Å². The second-order valence-corrected chi connectivity index (χ2v) is 6.14. The number of hydrogen-bond acceptors (Lipinski definition) is 3. The van der Waals surface area contributed by atoms with Crippen LogP contribution in [0.3, 0.4) is 0 Å². The van der Waals surface area contributed by atoms with Crippen molar-refractivity contribution in [2.75, 3.05) is 18.9 Å². The van der Waals surface area contributed by atoms with Gasteiger partial charge >= 0.3 is 0 Å². The highest BCUT2D eigenvalue weighted by molar-refractivity contribution is 6.30. The van der Waals surface area contributed by atoms with Crippen molar-refractivity contribution < 1.29 is 9.59 Å². The zero-order valence-corrected chi connectivity index (χ0v) is 14.8. The lowest BCUT2D eigenvalue weighted by Crippen LogP contribution is -2.35. The molecule has 128 valence electrons. The van der Waals surface area contributed by atoms with E-state index in [1.54, 1.807) is 36.0 Å². The van der Waals surface area contributed by atoms with Crippen LogP contribution in [0, 0.1) is 13.8 Å². The molecule has 0 saturated carbocycles. The van der Waals surface area contributed by atoms with E-state index < -0.39 is 0 Å². The molecule has 0 bridgehead atoms. The summed E-state index contributed by atoms with van der Waals surface area (Å²) in [6.45, 7) is 4.37. The largest absolute Gasteiger partial charge is 0.336 e. The normalized spacial score (nSPS) is 10.5. The van der Waals surface area contributed by atoms with Gasteiger partial charge in [0, 0.05) is 36.4 Å². The molecule has 0 spiro atoms. The Balaban J connectivity index is 1.81. The summed E-state index contributed by atoms with van der Waals surface area (Å²) in [6, 6.07) is 8.78. The Hall–Kier alpha value is -2.34. The smallest absolute Gasteiger partial charge is 0.243 e. The van der Waals surface area contributed by atoms with Crippen LogP contribution < -0.4 is 5.32 Å². The van der Waals surface area contributed by atoms with E-state index >= 15 is 0 Å². The molecule has 0 aliphatic carbocycles. The van der Waals surface area contributed by atoms with E-state index in [4.69, 9.17) is 11.6 Å². The number of halogens is 1. The highest BCUT2D eigenvalue weighted by Crippen LogP contribution is 2.13. The molecule has 0 atom stereocenters. The molecule has 0 saturated heterocycles. The monoisotopic (exact) mass is 348 g/mol. The van der Waals surface area contributed by atoms with Crippen LogP contribution in [0.4, 0.5) is 5.69 Å². The third-order valence-corrected chi connectivity index (χ3v) is 3.83. The van der Waals surface area contributed by atoms with Gasteiger partial charge in [-0.2, -0.15) is 5.10 Å². The predicted octanol–water partition coefficient (Wildman–Crippen LogP) is 2.64. The van der Waals surface area contributed by atoms with Crippen molar-refractivity contribution in [2.45, 2.75) is 26.8 Å². The number of aromatic nitrogens is 2. The predicted molar refractivity (Wildman–Crippen MR) is 94.0 cm³/mol. The Bertz CT molecular complexity index is 725. The van der Waals surface area contributed by atoms with Gasteiger partial charge in [0.1, 0.15) is 0 Å². The topological polar surface area (TPSA) is 67.2 Å². The molecule has 0 unspecified atom stereocenters. The summed E-state index contributed by atoms with van der Waals surface area (Å²) in [5, 5.41) is 7.65. The maximum atomic E-state index is 12.2. The molecule has 1 heterocycles. The number of carbonyl (C=O) groups is 2. The second kappa shape index (κ2) is 7.97. The SMILES string of the molecule is Cc1cc(C)n(CCC(=O)N(C)CC(=O)Nc2ccc(Cl)cc2)n1. The minimum atomic E-state index is -0.251. The van der Waals surface area contributed by atoms with Crippen LogP contribution in [0.25, 0.3) is 0 Å². The maximum absolute atomic E-state index is 12.2. The van der Waals surface area contributed by atoms with E-state index in [1.807, 2.05) is 19.9 Å². The molecule has 1 aromatic heterocycles. The fourth-order valence-corrected chi connectivity index (χ4v) is 2.46. The van der Waals surface area contributed by atoms with E-state index in [0.717, 1.165) is 11.4 Å². The summed E-state index contributed by atoms with van der Waals surface area (Å²) in [5.41, 5.74) is 2.59. The minimum absolute atomic E-state index is 0.00141. The first kappa shape index (κ1) is 18.0. The first-order chi connectivity index (χ1) is 11.3. The Morgan fingerprint density at radius 3 is 2.50 bits per heavy atom. The van der Waals surface area contributed by atoms with E-state index in [0.29, 0.717) is 23.7 Å². The number of likely N-dealkylation sites (N-methyl/N-ethyl adjacent to an activating group) is 1. The van der Waals surface area contributed by atoms with Gasteiger partial charge in [0.05, 0.1) is 12.2 Å². The number of aryl methyl sites for hydroxylation is 3. The highest BCUT2D eigenvalue weighted by atomic mass is 35.5. The molecule has 0 aliphatic heterocycles. The van der Waals surface area contributed by atoms with Crippen LogP contribution in [0.15, 0.2) is 30.3 Å². The standard InChI is InChI=1S/C17H21ClN4O2/c1-12-10-13(2)22(20-12)9-8-17(24)21(3)11-16(23)19-15-6-4-14(18)5-7-15/h4-7,10H,8-9,11H2,1-3H3,(H,19,23). The second-order valence-electron chi connectivity index (χ2n) is 5.71. The highest BCUT2D eigenvalue weighted by Gasteiger charge is 2.14. The third-order valence-electron chi connectivity index (χ3n) is 3.58. The summed E-state index contributed by atoms with van der Waals surface area (Å²) < 4.78 is 1.80. The Labute approximate surface area is 146 Å². The minimum Gasteiger partial charge on any atom is -0.336 e. The molecular formula is C17H21ClN4O2. The van der Waals surface area contributed by atoms with Crippen molar-refractivity contribution in [3.05, 3.63) is 46.7 Å². The number of benzene rings is 1. The van der Waals surface area contributed by atoms with Gasteiger partial charge in [-0.1, -0.05) is 11.6 Å². The molecule has 0 aliphatic rings. The molecule has 6 nitrogen and oxygen atoms in total. The fourth-order valence-electron chi connectivity index (χ4n) is 2.33. The Kier molecular flexibility index (Phi) is 5.98. The summed E-state index contributed by atoms with van der Waals surface area (Å²) in [7, 11) is 1.62. The average molecular weight is 349 g/mol. The van der Waals surface area contributed by atoms with E-state index in [1.165, 1.54) is 4.90 Å². The maximum Gasteiger partial charge on any atom is 0.243 e. The summed E-state index contributed by atoms with van der Waals surface area (Å²) in [5.74, 6) is -0.354. The Morgan fingerprint density at radius 1 is 1.25 bits per heavy atom. The van der Waals surface area contributed by atoms with Crippen molar-refractivity contribution in [1.82, 2.24) is 14.7 Å². The number of amides is 2. The van der Waals surface area contributed by atoms with Crippen LogP contribution in [-0.4, -0.2) is 40.1 Å². The number of nitrogens with one attached hydrogen (secondary N) is 1. The van der Waals surface area contributed by atoms with Gasteiger partial charge < -0.3 is 10.2 Å². The van der Waals surface area contributed by atoms with Crippen LogP contribution >= 0.6 is 11.6 Å². The van der Waals surface area contributed by atoms with Gasteiger partial charge in [-0.3, -0.25) is 14.3 Å².